The molecular weight excluding hydrogens is 324 g/mol. The van der Waals surface area contributed by atoms with Gasteiger partial charge in [0.25, 0.3) is 5.91 Å². The molecule has 0 radical (unpaired) electrons. The number of anilines is 1. The van der Waals surface area contributed by atoms with Crippen molar-refractivity contribution in [2.45, 2.75) is 38.6 Å². The van der Waals surface area contributed by atoms with Gasteiger partial charge in [-0.05, 0) is 49.6 Å². The van der Waals surface area contributed by atoms with Crippen molar-refractivity contribution >= 4 is 17.5 Å². The molecule has 0 aromatic heterocycles. The average molecular weight is 350 g/mol. The highest BCUT2D eigenvalue weighted by atomic mass is 16.2. The zero-order valence-electron chi connectivity index (χ0n) is 15.4. The molecule has 4 nitrogen and oxygen atoms in total. The van der Waals surface area contributed by atoms with E-state index in [1.54, 1.807) is 12.1 Å². The van der Waals surface area contributed by atoms with Crippen LogP contribution in [0.25, 0.3) is 0 Å². The van der Waals surface area contributed by atoms with E-state index < -0.39 is 0 Å². The summed E-state index contributed by atoms with van der Waals surface area (Å²) in [6, 6.07) is 16.9. The molecule has 0 aliphatic heterocycles. The molecule has 1 fully saturated rings. The van der Waals surface area contributed by atoms with Gasteiger partial charge in [0.2, 0.25) is 5.91 Å². The number of carbonyl (C=O) groups excluding carboxylic acids is 2. The number of nitrogens with one attached hydrogen (secondary N) is 1. The first-order chi connectivity index (χ1) is 12.6. The summed E-state index contributed by atoms with van der Waals surface area (Å²) >= 11 is 0. The van der Waals surface area contributed by atoms with Crippen LogP contribution in [-0.4, -0.2) is 23.8 Å². The van der Waals surface area contributed by atoms with Crippen molar-refractivity contribution in [3.05, 3.63) is 65.7 Å². The predicted octanol–water partition coefficient (Wildman–Crippen LogP) is 4.65. The monoisotopic (exact) mass is 350 g/mol. The van der Waals surface area contributed by atoms with Crippen LogP contribution >= 0.6 is 0 Å². The third-order valence-corrected chi connectivity index (χ3v) is 5.30. The van der Waals surface area contributed by atoms with Crippen LogP contribution in [0.15, 0.2) is 54.6 Å². The Hall–Kier alpha value is -2.62. The molecule has 0 heterocycles. The molecule has 26 heavy (non-hydrogen) atoms. The average Bonchev–Trinajstić information content (AvgIpc) is 3.22. The number of nitrogens with zero attached hydrogens (tertiary/aromatic N) is 1. The fourth-order valence-electron chi connectivity index (χ4n) is 3.54. The molecule has 2 aromatic rings. The van der Waals surface area contributed by atoms with Crippen LogP contribution in [-0.2, 0) is 4.79 Å². The summed E-state index contributed by atoms with van der Waals surface area (Å²) in [5, 5.41) is 2.93. The fourth-order valence-corrected chi connectivity index (χ4v) is 3.54. The van der Waals surface area contributed by atoms with Crippen molar-refractivity contribution in [3.8, 4) is 0 Å². The Labute approximate surface area is 155 Å². The van der Waals surface area contributed by atoms with Gasteiger partial charge in [-0.1, -0.05) is 43.2 Å². The Morgan fingerprint density at radius 3 is 2.42 bits per heavy atom. The molecule has 0 bridgehead atoms. The summed E-state index contributed by atoms with van der Waals surface area (Å²) in [7, 11) is 1.88. The second-order valence-corrected chi connectivity index (χ2v) is 7.05. The lowest BCUT2D eigenvalue weighted by Crippen LogP contribution is -2.34. The molecule has 1 aliphatic rings. The summed E-state index contributed by atoms with van der Waals surface area (Å²) in [4.78, 5) is 26.8. The van der Waals surface area contributed by atoms with Gasteiger partial charge < -0.3 is 10.2 Å². The third-order valence-electron chi connectivity index (χ3n) is 5.30. The summed E-state index contributed by atoms with van der Waals surface area (Å²) in [5.41, 5.74) is 2.38. The van der Waals surface area contributed by atoms with Gasteiger partial charge in [0.1, 0.15) is 0 Å². The minimum atomic E-state index is -0.134. The molecule has 3 rings (SSSR count). The van der Waals surface area contributed by atoms with Gasteiger partial charge in [-0.25, -0.2) is 0 Å². The standard InChI is InChI=1S/C22H26N2O2/c1-16(24(2)22(26)18-11-6-7-12-18)19-13-8-14-20(15-19)23-21(25)17-9-4-3-5-10-17/h3-5,8-10,13-16,18H,6-7,11-12H2,1-2H3,(H,23,25). The van der Waals surface area contributed by atoms with Gasteiger partial charge in [-0.2, -0.15) is 0 Å². The van der Waals surface area contributed by atoms with E-state index in [0.717, 1.165) is 36.9 Å². The van der Waals surface area contributed by atoms with Gasteiger partial charge in [0.05, 0.1) is 6.04 Å². The van der Waals surface area contributed by atoms with Crippen LogP contribution in [0.4, 0.5) is 5.69 Å². The lowest BCUT2D eigenvalue weighted by molar-refractivity contribution is -0.135. The summed E-state index contributed by atoms with van der Waals surface area (Å²) in [6.07, 6.45) is 4.31. The maximum Gasteiger partial charge on any atom is 0.255 e. The van der Waals surface area contributed by atoms with Crippen molar-refractivity contribution in [3.63, 3.8) is 0 Å². The van der Waals surface area contributed by atoms with Crippen LogP contribution in [0.5, 0.6) is 0 Å². The molecule has 1 atom stereocenters. The second-order valence-electron chi connectivity index (χ2n) is 7.05. The normalized spacial score (nSPS) is 15.5. The zero-order valence-corrected chi connectivity index (χ0v) is 15.4. The highest BCUT2D eigenvalue weighted by Crippen LogP contribution is 2.30. The van der Waals surface area contributed by atoms with Gasteiger partial charge in [-0.3, -0.25) is 9.59 Å². The smallest absolute Gasteiger partial charge is 0.255 e. The molecule has 2 amide bonds. The molecular formula is C22H26N2O2. The van der Waals surface area contributed by atoms with E-state index in [4.69, 9.17) is 0 Å². The van der Waals surface area contributed by atoms with E-state index in [1.165, 1.54) is 0 Å². The van der Waals surface area contributed by atoms with Gasteiger partial charge in [0.15, 0.2) is 0 Å². The molecule has 136 valence electrons. The Morgan fingerprint density at radius 2 is 1.73 bits per heavy atom. The van der Waals surface area contributed by atoms with Crippen molar-refractivity contribution in [2.75, 3.05) is 12.4 Å². The maximum atomic E-state index is 12.7. The Morgan fingerprint density at radius 1 is 1.04 bits per heavy atom. The first kappa shape index (κ1) is 18.2. The number of carbonyl (C=O) groups is 2. The molecule has 1 saturated carbocycles. The molecule has 4 heteroatoms. The Bertz CT molecular complexity index is 767. The summed E-state index contributed by atoms with van der Waals surface area (Å²) in [5.74, 6) is 0.267. The topological polar surface area (TPSA) is 49.4 Å². The third kappa shape index (κ3) is 4.13. The maximum absolute atomic E-state index is 12.7. The number of benzene rings is 2. The molecule has 1 N–H and O–H groups in total. The van der Waals surface area contributed by atoms with Gasteiger partial charge in [-0.15, -0.1) is 0 Å². The molecule has 2 aromatic carbocycles. The van der Waals surface area contributed by atoms with Gasteiger partial charge in [0, 0.05) is 24.2 Å². The number of hydrogen-bond donors (Lipinski definition) is 1. The summed E-state index contributed by atoms with van der Waals surface area (Å²) < 4.78 is 0. The van der Waals surface area contributed by atoms with Crippen molar-refractivity contribution < 1.29 is 9.59 Å². The fraction of sp³-hybridized carbons (Fsp3) is 0.364. The zero-order chi connectivity index (χ0) is 18.5. The lowest BCUT2D eigenvalue weighted by atomic mass is 10.0. The second kappa shape index (κ2) is 8.17. The minimum absolute atomic E-state index is 0.0309. The first-order valence-corrected chi connectivity index (χ1v) is 9.29. The van der Waals surface area contributed by atoms with Crippen molar-refractivity contribution in [1.82, 2.24) is 4.90 Å². The van der Waals surface area contributed by atoms with E-state index in [2.05, 4.69) is 5.32 Å². The van der Waals surface area contributed by atoms with Crippen LogP contribution in [0.2, 0.25) is 0 Å². The number of amides is 2. The minimum Gasteiger partial charge on any atom is -0.339 e. The summed E-state index contributed by atoms with van der Waals surface area (Å²) in [6.45, 7) is 2.03. The van der Waals surface area contributed by atoms with E-state index in [9.17, 15) is 9.59 Å². The molecule has 1 unspecified atom stereocenters. The predicted molar refractivity (Wildman–Crippen MR) is 104 cm³/mol. The quantitative estimate of drug-likeness (QED) is 0.853. The number of hydrogen-bond acceptors (Lipinski definition) is 2. The van der Waals surface area contributed by atoms with Crippen LogP contribution in [0, 0.1) is 5.92 Å². The van der Waals surface area contributed by atoms with Crippen LogP contribution in [0.3, 0.4) is 0 Å². The van der Waals surface area contributed by atoms with E-state index in [-0.39, 0.29) is 23.8 Å². The van der Waals surface area contributed by atoms with E-state index >= 15 is 0 Å². The highest BCUT2D eigenvalue weighted by molar-refractivity contribution is 6.04. The van der Waals surface area contributed by atoms with Crippen LogP contribution in [0.1, 0.15) is 54.6 Å². The Balaban J connectivity index is 1.70. The highest BCUT2D eigenvalue weighted by Gasteiger charge is 2.28. The van der Waals surface area contributed by atoms with Crippen LogP contribution < -0.4 is 5.32 Å². The molecule has 1 aliphatic carbocycles. The SMILES string of the molecule is CC(c1cccc(NC(=O)c2ccccc2)c1)N(C)C(=O)C1CCCC1. The van der Waals surface area contributed by atoms with E-state index in [0.29, 0.717) is 5.56 Å². The molecule has 0 saturated heterocycles. The van der Waals surface area contributed by atoms with Crippen molar-refractivity contribution in [1.29, 1.82) is 0 Å². The lowest BCUT2D eigenvalue weighted by Gasteiger charge is -2.28. The Kier molecular flexibility index (Phi) is 5.71. The van der Waals surface area contributed by atoms with E-state index in [1.807, 2.05) is 61.3 Å². The van der Waals surface area contributed by atoms with Gasteiger partial charge >= 0.3 is 0 Å². The molecule has 0 spiro atoms. The van der Waals surface area contributed by atoms with Crippen molar-refractivity contribution in [2.24, 2.45) is 5.92 Å². The first-order valence-electron chi connectivity index (χ1n) is 9.29. The number of rotatable bonds is 5. The largest absolute Gasteiger partial charge is 0.339 e.